The maximum Gasteiger partial charge on any atom is 0.191 e. The lowest BCUT2D eigenvalue weighted by Crippen LogP contribution is -2.04. The molecule has 0 amide bonds. The summed E-state index contributed by atoms with van der Waals surface area (Å²) in [5, 5.41) is 9.88. The van der Waals surface area contributed by atoms with Gasteiger partial charge in [0, 0.05) is 5.75 Å². The number of rotatable bonds is 8. The second-order valence-corrected chi connectivity index (χ2v) is 7.78. The first-order chi connectivity index (χ1) is 14.2. The predicted octanol–water partition coefficient (Wildman–Crippen LogP) is 5.24. The molecule has 4 aromatic rings. The molecule has 0 spiro atoms. The van der Waals surface area contributed by atoms with Crippen molar-refractivity contribution in [1.82, 2.24) is 14.8 Å². The lowest BCUT2D eigenvalue weighted by molar-refractivity contribution is 0.414. The molecular weight excluding hydrogens is 382 g/mol. The van der Waals surface area contributed by atoms with Gasteiger partial charge in [-0.2, -0.15) is 0 Å². The number of hydrogen-bond acceptors (Lipinski definition) is 5. The van der Waals surface area contributed by atoms with E-state index in [-0.39, 0.29) is 0 Å². The molecule has 2 aromatic heterocycles. The van der Waals surface area contributed by atoms with Crippen LogP contribution in [0.1, 0.15) is 16.9 Å². The topological polar surface area (TPSA) is 53.1 Å². The molecule has 0 unspecified atom stereocenters. The Balaban J connectivity index is 1.54. The minimum absolute atomic E-state index is 0.721. The van der Waals surface area contributed by atoms with Crippen molar-refractivity contribution in [3.63, 3.8) is 0 Å². The molecule has 0 aliphatic heterocycles. The first kappa shape index (κ1) is 19.3. The molecule has 0 radical (unpaired) electrons. The number of benzene rings is 2. The monoisotopic (exact) mass is 405 g/mol. The second kappa shape index (κ2) is 9.01. The quantitative estimate of drug-likeness (QED) is 0.375. The highest BCUT2D eigenvalue weighted by atomic mass is 32.2. The molecule has 0 fully saturated rings. The summed E-state index contributed by atoms with van der Waals surface area (Å²) in [5.41, 5.74) is 3.47. The van der Waals surface area contributed by atoms with Crippen LogP contribution in [0.2, 0.25) is 0 Å². The molecule has 4 rings (SSSR count). The predicted molar refractivity (Wildman–Crippen MR) is 115 cm³/mol. The van der Waals surface area contributed by atoms with E-state index < -0.39 is 0 Å². The summed E-state index contributed by atoms with van der Waals surface area (Å²) in [5.74, 6) is 3.49. The first-order valence-electron chi connectivity index (χ1n) is 9.52. The fraction of sp³-hybridized carbons (Fsp3) is 0.217. The van der Waals surface area contributed by atoms with Crippen molar-refractivity contribution < 1.29 is 9.15 Å². The number of aromatic nitrogens is 3. The Hall–Kier alpha value is -2.99. The van der Waals surface area contributed by atoms with Gasteiger partial charge < -0.3 is 9.15 Å². The molecular formula is C23H23N3O2S. The van der Waals surface area contributed by atoms with E-state index in [1.807, 2.05) is 31.2 Å². The number of nitrogens with zero attached hydrogens (tertiary/aromatic N) is 3. The van der Waals surface area contributed by atoms with E-state index in [0.29, 0.717) is 0 Å². The largest absolute Gasteiger partial charge is 0.497 e. The van der Waals surface area contributed by atoms with Gasteiger partial charge in [-0.1, -0.05) is 54.2 Å². The molecule has 0 atom stereocenters. The zero-order valence-corrected chi connectivity index (χ0v) is 17.4. The van der Waals surface area contributed by atoms with Crippen molar-refractivity contribution in [3.8, 4) is 17.1 Å². The van der Waals surface area contributed by atoms with Gasteiger partial charge >= 0.3 is 0 Å². The fourth-order valence-corrected chi connectivity index (χ4v) is 4.10. The third-order valence-electron chi connectivity index (χ3n) is 4.78. The third-order valence-corrected chi connectivity index (χ3v) is 5.75. The second-order valence-electron chi connectivity index (χ2n) is 6.71. The summed E-state index contributed by atoms with van der Waals surface area (Å²) >= 11 is 1.72. The van der Waals surface area contributed by atoms with Gasteiger partial charge in [-0.15, -0.1) is 10.2 Å². The molecule has 29 heavy (non-hydrogen) atoms. The van der Waals surface area contributed by atoms with E-state index in [2.05, 4.69) is 51.2 Å². The average molecular weight is 406 g/mol. The Morgan fingerprint density at radius 3 is 2.45 bits per heavy atom. The Morgan fingerprint density at radius 1 is 0.966 bits per heavy atom. The molecule has 2 heterocycles. The maximum absolute atomic E-state index is 5.49. The van der Waals surface area contributed by atoms with Crippen LogP contribution in [0.25, 0.3) is 11.4 Å². The molecule has 0 bridgehead atoms. The fourth-order valence-electron chi connectivity index (χ4n) is 3.17. The van der Waals surface area contributed by atoms with Crippen LogP contribution < -0.4 is 4.74 Å². The normalized spacial score (nSPS) is 11.0. The van der Waals surface area contributed by atoms with Gasteiger partial charge in [-0.3, -0.25) is 4.57 Å². The minimum Gasteiger partial charge on any atom is -0.497 e. The molecule has 0 N–H and O–H groups in total. The molecule has 6 heteroatoms. The summed E-state index contributed by atoms with van der Waals surface area (Å²) in [6.07, 6.45) is 2.65. The standard InChI is InChI=1S/C23H23N3O2S/c1-17-21(12-14-28-17)22-24-25-23(26(22)16-19-6-4-3-5-7-19)29-15-13-18-8-10-20(27-2)11-9-18/h3-12,14H,13,15-16H2,1-2H3. The number of methoxy groups -OCH3 is 1. The molecule has 148 valence electrons. The summed E-state index contributed by atoms with van der Waals surface area (Å²) in [7, 11) is 1.68. The Bertz CT molecular complexity index is 1060. The molecule has 0 aliphatic rings. The zero-order chi connectivity index (χ0) is 20.1. The SMILES string of the molecule is COc1ccc(CCSc2nnc(-c3ccoc3C)n2Cc2ccccc2)cc1. The lowest BCUT2D eigenvalue weighted by Gasteiger charge is -2.10. The number of furan rings is 1. The van der Waals surface area contributed by atoms with E-state index in [1.165, 1.54) is 11.1 Å². The highest BCUT2D eigenvalue weighted by Crippen LogP contribution is 2.28. The van der Waals surface area contributed by atoms with Crippen LogP contribution in [-0.2, 0) is 13.0 Å². The van der Waals surface area contributed by atoms with Crippen LogP contribution in [0.5, 0.6) is 5.75 Å². The Kier molecular flexibility index (Phi) is 6.00. The van der Waals surface area contributed by atoms with Gasteiger partial charge in [0.2, 0.25) is 0 Å². The van der Waals surface area contributed by atoms with Crippen LogP contribution in [0.15, 0.2) is 76.5 Å². The number of ether oxygens (including phenoxy) is 1. The van der Waals surface area contributed by atoms with Gasteiger partial charge in [0.1, 0.15) is 11.5 Å². The lowest BCUT2D eigenvalue weighted by atomic mass is 10.2. The van der Waals surface area contributed by atoms with Crippen molar-refractivity contribution in [3.05, 3.63) is 83.8 Å². The van der Waals surface area contributed by atoms with Crippen molar-refractivity contribution in [1.29, 1.82) is 0 Å². The smallest absolute Gasteiger partial charge is 0.191 e. The van der Waals surface area contributed by atoms with Crippen molar-refractivity contribution in [2.45, 2.75) is 25.0 Å². The highest BCUT2D eigenvalue weighted by molar-refractivity contribution is 7.99. The van der Waals surface area contributed by atoms with Crippen LogP contribution in [0.4, 0.5) is 0 Å². The van der Waals surface area contributed by atoms with E-state index in [1.54, 1.807) is 25.1 Å². The van der Waals surface area contributed by atoms with Crippen LogP contribution >= 0.6 is 11.8 Å². The molecule has 2 aromatic carbocycles. The highest BCUT2D eigenvalue weighted by Gasteiger charge is 2.17. The van der Waals surface area contributed by atoms with Gasteiger partial charge in [-0.05, 0) is 42.7 Å². The van der Waals surface area contributed by atoms with Crippen molar-refractivity contribution in [2.75, 3.05) is 12.9 Å². The van der Waals surface area contributed by atoms with Crippen LogP contribution in [0, 0.1) is 6.92 Å². The number of thioether (sulfide) groups is 1. The maximum atomic E-state index is 5.49. The van der Waals surface area contributed by atoms with Crippen LogP contribution in [-0.4, -0.2) is 27.6 Å². The van der Waals surface area contributed by atoms with Crippen molar-refractivity contribution in [2.24, 2.45) is 0 Å². The van der Waals surface area contributed by atoms with Gasteiger partial charge in [0.15, 0.2) is 11.0 Å². The van der Waals surface area contributed by atoms with Gasteiger partial charge in [-0.25, -0.2) is 0 Å². The Labute approximate surface area is 174 Å². The summed E-state index contributed by atoms with van der Waals surface area (Å²) in [6, 6.07) is 20.5. The van der Waals surface area contributed by atoms with E-state index in [4.69, 9.17) is 9.15 Å². The molecule has 0 saturated carbocycles. The van der Waals surface area contributed by atoms with Gasteiger partial charge in [0.05, 0.1) is 25.5 Å². The molecule has 0 saturated heterocycles. The van der Waals surface area contributed by atoms with Gasteiger partial charge in [0.25, 0.3) is 0 Å². The summed E-state index contributed by atoms with van der Waals surface area (Å²) < 4.78 is 12.9. The average Bonchev–Trinajstić information content (AvgIpc) is 3.35. The van der Waals surface area contributed by atoms with E-state index in [0.717, 1.165) is 46.8 Å². The van der Waals surface area contributed by atoms with Crippen LogP contribution in [0.3, 0.4) is 0 Å². The van der Waals surface area contributed by atoms with Crippen molar-refractivity contribution >= 4 is 11.8 Å². The zero-order valence-electron chi connectivity index (χ0n) is 16.5. The third kappa shape index (κ3) is 4.54. The minimum atomic E-state index is 0.721. The summed E-state index contributed by atoms with van der Waals surface area (Å²) in [4.78, 5) is 0. The molecule has 5 nitrogen and oxygen atoms in total. The Morgan fingerprint density at radius 2 is 1.76 bits per heavy atom. The molecule has 0 aliphatic carbocycles. The van der Waals surface area contributed by atoms with E-state index in [9.17, 15) is 0 Å². The first-order valence-corrected chi connectivity index (χ1v) is 10.5. The van der Waals surface area contributed by atoms with E-state index >= 15 is 0 Å². The summed E-state index contributed by atoms with van der Waals surface area (Å²) in [6.45, 7) is 2.67. The number of aryl methyl sites for hydroxylation is 2. The number of hydrogen-bond donors (Lipinski definition) is 0.